The highest BCUT2D eigenvalue weighted by molar-refractivity contribution is 6.43. The van der Waals surface area contributed by atoms with Gasteiger partial charge in [-0.05, 0) is 57.6 Å². The van der Waals surface area contributed by atoms with Crippen LogP contribution in [-0.2, 0) is 31.9 Å². The van der Waals surface area contributed by atoms with Crippen LogP contribution in [0.25, 0.3) is 0 Å². The van der Waals surface area contributed by atoms with Gasteiger partial charge in [-0.2, -0.15) is 0 Å². The summed E-state index contributed by atoms with van der Waals surface area (Å²) < 4.78 is 11.0. The van der Waals surface area contributed by atoms with Crippen LogP contribution in [0.4, 0.5) is 4.79 Å². The highest BCUT2D eigenvalue weighted by atomic mass is 16.6. The molecular weight excluding hydrogens is 537 g/mol. The minimum atomic E-state index is -1.82. The Kier molecular flexibility index (Phi) is 12.8. The van der Waals surface area contributed by atoms with Crippen LogP contribution in [0.2, 0.25) is 0 Å². The van der Waals surface area contributed by atoms with Gasteiger partial charge in [0.2, 0.25) is 11.8 Å². The molecule has 1 fully saturated rings. The van der Waals surface area contributed by atoms with E-state index >= 15 is 0 Å². The molecule has 0 radical (unpaired) electrons. The van der Waals surface area contributed by atoms with Crippen LogP contribution >= 0.6 is 0 Å². The molecule has 1 aliphatic heterocycles. The predicted octanol–water partition coefficient (Wildman–Crippen LogP) is 2.60. The third-order valence-corrected chi connectivity index (χ3v) is 7.03. The van der Waals surface area contributed by atoms with Crippen LogP contribution in [0.1, 0.15) is 51.2 Å². The van der Waals surface area contributed by atoms with E-state index in [2.05, 4.69) is 5.32 Å². The molecule has 0 bridgehead atoms. The second kappa shape index (κ2) is 16.3. The third kappa shape index (κ3) is 11.1. The molecule has 1 heterocycles. The van der Waals surface area contributed by atoms with Gasteiger partial charge in [-0.3, -0.25) is 14.5 Å². The molecule has 0 aromatic heterocycles. The molecule has 0 saturated carbocycles. The van der Waals surface area contributed by atoms with E-state index in [-0.39, 0.29) is 18.9 Å². The van der Waals surface area contributed by atoms with E-state index in [0.29, 0.717) is 52.0 Å². The number of morpholine rings is 1. The molecule has 2 atom stereocenters. The average molecular weight is 582 g/mol. The lowest BCUT2D eigenvalue weighted by Gasteiger charge is -2.35. The normalized spacial score (nSPS) is 14.9. The number of nitrogens with zero attached hydrogens (tertiary/aromatic N) is 2. The van der Waals surface area contributed by atoms with E-state index in [4.69, 9.17) is 9.47 Å². The molecule has 2 aromatic carbocycles. The maximum Gasteiger partial charge on any atom is 0.475 e. The standard InChI is InChI=1S/C31H44BN3O7/c1-31(2,3)42-30(38)35(18-17-25-13-8-5-9-14-25)26(23-28(36)34-19-21-41-22-20-34)29(37)33-27(32(39)40)16-10-15-24-11-6-4-7-12-24/h4-9,11-14,26-27,39-40H,10,15-23H2,1-3H3,(H,33,37)/t26-,27+/m1/s1. The minimum Gasteiger partial charge on any atom is -0.444 e. The van der Waals surface area contributed by atoms with Gasteiger partial charge in [0, 0.05) is 19.6 Å². The summed E-state index contributed by atoms with van der Waals surface area (Å²) in [6, 6.07) is 18.1. The smallest absolute Gasteiger partial charge is 0.444 e. The molecular formula is C31H44BN3O7. The van der Waals surface area contributed by atoms with Crippen molar-refractivity contribution in [3.8, 4) is 0 Å². The van der Waals surface area contributed by atoms with Crippen LogP contribution in [0.15, 0.2) is 60.7 Å². The summed E-state index contributed by atoms with van der Waals surface area (Å²) in [5.41, 5.74) is 1.22. The fraction of sp³-hybridized carbons (Fsp3) is 0.516. The van der Waals surface area contributed by atoms with E-state index in [0.717, 1.165) is 11.1 Å². The first-order valence-corrected chi connectivity index (χ1v) is 14.6. The lowest BCUT2D eigenvalue weighted by molar-refractivity contribution is -0.140. The number of amides is 3. The van der Waals surface area contributed by atoms with Crippen LogP contribution in [0, 0.1) is 0 Å². The number of aryl methyl sites for hydroxylation is 1. The summed E-state index contributed by atoms with van der Waals surface area (Å²) in [7, 11) is -1.82. The number of hydrogen-bond acceptors (Lipinski definition) is 7. The Labute approximate surface area is 249 Å². The van der Waals surface area contributed by atoms with Crippen molar-refractivity contribution < 1.29 is 33.9 Å². The van der Waals surface area contributed by atoms with Crippen molar-refractivity contribution in [1.29, 1.82) is 0 Å². The third-order valence-electron chi connectivity index (χ3n) is 7.03. The van der Waals surface area contributed by atoms with E-state index in [9.17, 15) is 24.4 Å². The largest absolute Gasteiger partial charge is 0.475 e. The Morgan fingerprint density at radius 2 is 1.55 bits per heavy atom. The molecule has 3 rings (SSSR count). The number of benzene rings is 2. The molecule has 0 spiro atoms. The Hall–Kier alpha value is -3.41. The van der Waals surface area contributed by atoms with Gasteiger partial charge < -0.3 is 29.7 Å². The van der Waals surface area contributed by atoms with Crippen molar-refractivity contribution in [2.75, 3.05) is 32.8 Å². The predicted molar refractivity (Wildman–Crippen MR) is 160 cm³/mol. The van der Waals surface area contributed by atoms with E-state index < -0.39 is 36.7 Å². The number of nitrogens with one attached hydrogen (secondary N) is 1. The van der Waals surface area contributed by atoms with Crippen LogP contribution in [0.5, 0.6) is 0 Å². The van der Waals surface area contributed by atoms with Gasteiger partial charge in [0.25, 0.3) is 0 Å². The Morgan fingerprint density at radius 3 is 2.10 bits per heavy atom. The maximum atomic E-state index is 13.9. The molecule has 228 valence electrons. The van der Waals surface area contributed by atoms with Gasteiger partial charge in [0.15, 0.2) is 0 Å². The topological polar surface area (TPSA) is 129 Å². The van der Waals surface area contributed by atoms with Crippen molar-refractivity contribution >= 4 is 25.0 Å². The number of carbonyl (C=O) groups excluding carboxylic acids is 3. The van der Waals surface area contributed by atoms with Crippen molar-refractivity contribution in [3.63, 3.8) is 0 Å². The summed E-state index contributed by atoms with van der Waals surface area (Å²) in [6.07, 6.45) is 1.00. The lowest BCUT2D eigenvalue weighted by Crippen LogP contribution is -2.57. The zero-order chi connectivity index (χ0) is 30.5. The van der Waals surface area contributed by atoms with Crippen molar-refractivity contribution in [3.05, 3.63) is 71.8 Å². The monoisotopic (exact) mass is 581 g/mol. The molecule has 2 aromatic rings. The molecule has 42 heavy (non-hydrogen) atoms. The molecule has 3 N–H and O–H groups in total. The lowest BCUT2D eigenvalue weighted by atomic mass is 9.76. The molecule has 0 aliphatic carbocycles. The second-order valence-electron chi connectivity index (χ2n) is 11.5. The zero-order valence-electron chi connectivity index (χ0n) is 24.9. The van der Waals surface area contributed by atoms with Crippen molar-refractivity contribution in [2.45, 2.75) is 70.5 Å². The molecule has 1 saturated heterocycles. The van der Waals surface area contributed by atoms with E-state index in [1.54, 1.807) is 25.7 Å². The molecule has 10 nitrogen and oxygen atoms in total. The fourth-order valence-corrected chi connectivity index (χ4v) is 4.79. The van der Waals surface area contributed by atoms with E-state index in [1.165, 1.54) is 4.90 Å². The quantitative estimate of drug-likeness (QED) is 0.310. The van der Waals surface area contributed by atoms with E-state index in [1.807, 2.05) is 60.7 Å². The highest BCUT2D eigenvalue weighted by Crippen LogP contribution is 2.18. The second-order valence-corrected chi connectivity index (χ2v) is 11.5. The van der Waals surface area contributed by atoms with Gasteiger partial charge in [0.05, 0.1) is 25.6 Å². The molecule has 1 aliphatic rings. The number of hydrogen-bond donors (Lipinski definition) is 3. The fourth-order valence-electron chi connectivity index (χ4n) is 4.79. The summed E-state index contributed by atoms with van der Waals surface area (Å²) in [6.45, 7) is 6.90. The van der Waals surface area contributed by atoms with Crippen molar-refractivity contribution in [2.24, 2.45) is 0 Å². The van der Waals surface area contributed by atoms with Crippen molar-refractivity contribution in [1.82, 2.24) is 15.1 Å². The number of ether oxygens (including phenoxy) is 2. The van der Waals surface area contributed by atoms with Gasteiger partial charge in [-0.15, -0.1) is 0 Å². The van der Waals surface area contributed by atoms with Crippen LogP contribution in [-0.4, -0.2) is 95.3 Å². The van der Waals surface area contributed by atoms with Gasteiger partial charge >= 0.3 is 13.2 Å². The molecule has 3 amide bonds. The first-order valence-electron chi connectivity index (χ1n) is 14.6. The molecule has 11 heteroatoms. The Balaban J connectivity index is 1.83. The summed E-state index contributed by atoms with van der Waals surface area (Å²) in [5.74, 6) is -1.93. The van der Waals surface area contributed by atoms with Gasteiger partial charge in [-0.1, -0.05) is 60.7 Å². The maximum absolute atomic E-state index is 13.9. The Bertz CT molecular complexity index is 1120. The van der Waals surface area contributed by atoms with Gasteiger partial charge in [-0.25, -0.2) is 4.79 Å². The average Bonchev–Trinajstić information content (AvgIpc) is 2.96. The Morgan fingerprint density at radius 1 is 0.976 bits per heavy atom. The highest BCUT2D eigenvalue weighted by Gasteiger charge is 2.38. The zero-order valence-corrected chi connectivity index (χ0v) is 24.9. The first kappa shape index (κ1) is 33.1. The summed E-state index contributed by atoms with van der Waals surface area (Å²) >= 11 is 0. The minimum absolute atomic E-state index is 0.119. The molecule has 0 unspecified atom stereocenters. The number of carbonyl (C=O) groups is 3. The van der Waals surface area contributed by atoms with Crippen LogP contribution in [0.3, 0.4) is 0 Å². The summed E-state index contributed by atoms with van der Waals surface area (Å²) in [4.78, 5) is 43.6. The first-order chi connectivity index (χ1) is 20.0. The van der Waals surface area contributed by atoms with Crippen LogP contribution < -0.4 is 5.32 Å². The number of rotatable bonds is 13. The van der Waals surface area contributed by atoms with Gasteiger partial charge in [0.1, 0.15) is 11.6 Å². The SMILES string of the molecule is CC(C)(C)OC(=O)N(CCc1ccccc1)[C@H](CC(=O)N1CCOCC1)C(=O)N[C@@H](CCCc1ccccc1)B(O)O. The summed E-state index contributed by atoms with van der Waals surface area (Å²) in [5, 5.41) is 23.0.